The van der Waals surface area contributed by atoms with Gasteiger partial charge in [0.2, 0.25) is 0 Å². The van der Waals surface area contributed by atoms with E-state index in [0.29, 0.717) is 18.8 Å². The molecule has 0 spiro atoms. The number of aromatic nitrogens is 2. The maximum Gasteiger partial charge on any atom is 0.260 e. The van der Waals surface area contributed by atoms with Crippen LogP contribution in [0.5, 0.6) is 5.75 Å². The summed E-state index contributed by atoms with van der Waals surface area (Å²) >= 11 is 1.65. The van der Waals surface area contributed by atoms with Crippen LogP contribution in [0.15, 0.2) is 72.1 Å². The topological polar surface area (TPSA) is 58.6 Å². The molecule has 0 bridgehead atoms. The first-order chi connectivity index (χ1) is 15.3. The van der Waals surface area contributed by atoms with Gasteiger partial charge in [-0.05, 0) is 46.5 Å². The zero-order chi connectivity index (χ0) is 21.0. The molecule has 0 aliphatic carbocycles. The van der Waals surface area contributed by atoms with Gasteiger partial charge >= 0.3 is 0 Å². The molecule has 31 heavy (non-hydrogen) atoms. The molecule has 1 aliphatic heterocycles. The number of piperazine rings is 1. The molecule has 1 aliphatic rings. The third-order valence-corrected chi connectivity index (χ3v) is 6.36. The van der Waals surface area contributed by atoms with Gasteiger partial charge in [-0.25, -0.2) is 0 Å². The maximum atomic E-state index is 12.6. The van der Waals surface area contributed by atoms with Crippen molar-refractivity contribution in [3.63, 3.8) is 0 Å². The van der Waals surface area contributed by atoms with Crippen LogP contribution in [0.3, 0.4) is 0 Å². The number of carbonyl (C=O) groups is 1. The van der Waals surface area contributed by atoms with Gasteiger partial charge in [-0.15, -0.1) is 21.5 Å². The molecule has 2 aromatic heterocycles. The van der Waals surface area contributed by atoms with Crippen LogP contribution in [0.25, 0.3) is 21.3 Å². The average molecular weight is 431 g/mol. The third-order valence-electron chi connectivity index (χ3n) is 5.46. The van der Waals surface area contributed by atoms with Crippen molar-refractivity contribution < 1.29 is 9.53 Å². The first-order valence-electron chi connectivity index (χ1n) is 10.3. The number of fused-ring (bicyclic) bond motifs is 1. The Balaban J connectivity index is 1.14. The smallest absolute Gasteiger partial charge is 0.260 e. The molecular formula is C24H22N4O2S. The second kappa shape index (κ2) is 8.73. The van der Waals surface area contributed by atoms with Crippen LogP contribution in [0, 0.1) is 0 Å². The summed E-state index contributed by atoms with van der Waals surface area (Å²) in [6.45, 7) is 2.81. The minimum Gasteiger partial charge on any atom is -0.484 e. The van der Waals surface area contributed by atoms with Gasteiger partial charge in [-0.2, -0.15) is 0 Å². The summed E-state index contributed by atoms with van der Waals surface area (Å²) in [6, 6.07) is 22.1. The van der Waals surface area contributed by atoms with Crippen molar-refractivity contribution in [1.82, 2.24) is 15.1 Å². The average Bonchev–Trinajstić information content (AvgIpc) is 3.38. The summed E-state index contributed by atoms with van der Waals surface area (Å²) in [7, 11) is 0. The maximum absolute atomic E-state index is 12.6. The number of carbonyl (C=O) groups excluding carboxylic acids is 1. The molecule has 1 amide bonds. The van der Waals surface area contributed by atoms with Gasteiger partial charge in [0.25, 0.3) is 5.91 Å². The zero-order valence-electron chi connectivity index (χ0n) is 17.0. The van der Waals surface area contributed by atoms with Crippen LogP contribution in [0.1, 0.15) is 0 Å². The number of rotatable bonds is 5. The number of ether oxygens (including phenoxy) is 1. The monoisotopic (exact) mass is 430 g/mol. The summed E-state index contributed by atoms with van der Waals surface area (Å²) in [6.07, 6.45) is 0. The van der Waals surface area contributed by atoms with E-state index >= 15 is 0 Å². The van der Waals surface area contributed by atoms with Gasteiger partial charge in [0.1, 0.15) is 11.4 Å². The van der Waals surface area contributed by atoms with Crippen LogP contribution in [-0.2, 0) is 4.79 Å². The van der Waals surface area contributed by atoms with Gasteiger partial charge in [0.15, 0.2) is 12.4 Å². The van der Waals surface area contributed by atoms with E-state index in [1.165, 1.54) is 0 Å². The Labute approximate surface area is 184 Å². The molecule has 5 rings (SSSR count). The number of thiophene rings is 1. The van der Waals surface area contributed by atoms with Crippen molar-refractivity contribution in [3.05, 3.63) is 72.1 Å². The minimum atomic E-state index is 0.00642. The van der Waals surface area contributed by atoms with E-state index in [2.05, 4.69) is 21.2 Å². The highest BCUT2D eigenvalue weighted by atomic mass is 32.1. The molecule has 1 fully saturated rings. The molecular weight excluding hydrogens is 408 g/mol. The van der Waals surface area contributed by atoms with Crippen molar-refractivity contribution in [2.45, 2.75) is 0 Å². The molecule has 156 valence electrons. The second-order valence-electron chi connectivity index (χ2n) is 7.42. The highest BCUT2D eigenvalue weighted by Crippen LogP contribution is 2.24. The zero-order valence-corrected chi connectivity index (χ0v) is 17.8. The van der Waals surface area contributed by atoms with E-state index in [9.17, 15) is 4.79 Å². The van der Waals surface area contributed by atoms with Crippen molar-refractivity contribution in [1.29, 1.82) is 0 Å². The number of hydrogen-bond donors (Lipinski definition) is 0. The predicted octanol–water partition coefficient (Wildman–Crippen LogP) is 4.09. The van der Waals surface area contributed by atoms with Crippen LogP contribution in [0.4, 0.5) is 5.82 Å². The van der Waals surface area contributed by atoms with Crippen molar-refractivity contribution in [2.24, 2.45) is 0 Å². The molecule has 0 radical (unpaired) electrons. The molecule has 0 unspecified atom stereocenters. The Kier molecular flexibility index (Phi) is 5.50. The standard InChI is InChI=1S/C24H22N4O2S/c29-24(17-30-20-8-7-18-4-1-2-5-19(18)16-20)28-13-11-27(12-14-28)23-10-9-21(25-26-23)22-6-3-15-31-22/h1-10,15-16H,11-14,17H2. The third kappa shape index (κ3) is 4.36. The second-order valence-corrected chi connectivity index (χ2v) is 8.37. The van der Waals surface area contributed by atoms with Gasteiger partial charge in [0, 0.05) is 26.2 Å². The fourth-order valence-corrected chi connectivity index (χ4v) is 4.42. The molecule has 2 aromatic carbocycles. The Morgan fingerprint density at radius 2 is 1.74 bits per heavy atom. The molecule has 0 N–H and O–H groups in total. The lowest BCUT2D eigenvalue weighted by Gasteiger charge is -2.35. The van der Waals surface area contributed by atoms with Gasteiger partial charge in [-0.1, -0.05) is 36.4 Å². The van der Waals surface area contributed by atoms with E-state index in [0.717, 1.165) is 40.3 Å². The van der Waals surface area contributed by atoms with Crippen molar-refractivity contribution in [2.75, 3.05) is 37.7 Å². The Morgan fingerprint density at radius 1 is 0.903 bits per heavy atom. The number of nitrogens with zero attached hydrogens (tertiary/aromatic N) is 4. The van der Waals surface area contributed by atoms with E-state index < -0.39 is 0 Å². The molecule has 6 nitrogen and oxygen atoms in total. The molecule has 0 saturated carbocycles. The van der Waals surface area contributed by atoms with E-state index in [-0.39, 0.29) is 12.5 Å². The Hall–Kier alpha value is -3.45. The SMILES string of the molecule is O=C(COc1ccc2ccccc2c1)N1CCN(c2ccc(-c3cccs3)nn2)CC1. The van der Waals surface area contributed by atoms with E-state index in [1.54, 1.807) is 11.3 Å². The first-order valence-corrected chi connectivity index (χ1v) is 11.2. The largest absolute Gasteiger partial charge is 0.484 e. The van der Waals surface area contributed by atoms with Crippen molar-refractivity contribution in [3.8, 4) is 16.3 Å². The lowest BCUT2D eigenvalue weighted by atomic mass is 10.1. The number of amides is 1. The van der Waals surface area contributed by atoms with Crippen molar-refractivity contribution >= 4 is 33.8 Å². The summed E-state index contributed by atoms with van der Waals surface area (Å²) < 4.78 is 5.76. The fraction of sp³-hybridized carbons (Fsp3) is 0.208. The highest BCUT2D eigenvalue weighted by molar-refractivity contribution is 7.13. The summed E-state index contributed by atoms with van der Waals surface area (Å²) in [5.41, 5.74) is 0.887. The van der Waals surface area contributed by atoms with E-state index in [1.807, 2.05) is 70.9 Å². The molecule has 4 aromatic rings. The quantitative estimate of drug-likeness (QED) is 0.477. The lowest BCUT2D eigenvalue weighted by Crippen LogP contribution is -2.50. The molecule has 0 atom stereocenters. The Bertz CT molecular complexity index is 1170. The number of benzene rings is 2. The first kappa shape index (κ1) is 19.5. The molecule has 7 heteroatoms. The predicted molar refractivity (Wildman–Crippen MR) is 124 cm³/mol. The van der Waals surface area contributed by atoms with Crippen LogP contribution >= 0.6 is 11.3 Å². The highest BCUT2D eigenvalue weighted by Gasteiger charge is 2.22. The summed E-state index contributed by atoms with van der Waals surface area (Å²) in [5, 5.41) is 13.0. The van der Waals surface area contributed by atoms with Crippen LogP contribution < -0.4 is 9.64 Å². The fourth-order valence-electron chi connectivity index (χ4n) is 3.73. The van der Waals surface area contributed by atoms with Crippen LogP contribution in [-0.4, -0.2) is 53.8 Å². The lowest BCUT2D eigenvalue weighted by molar-refractivity contribution is -0.133. The minimum absolute atomic E-state index is 0.00642. The summed E-state index contributed by atoms with van der Waals surface area (Å²) in [5.74, 6) is 1.57. The van der Waals surface area contributed by atoms with Gasteiger partial charge < -0.3 is 14.5 Å². The Morgan fingerprint density at radius 3 is 2.48 bits per heavy atom. The number of hydrogen-bond acceptors (Lipinski definition) is 6. The van der Waals surface area contributed by atoms with Gasteiger partial charge in [0.05, 0.1) is 4.88 Å². The molecule has 1 saturated heterocycles. The normalized spacial score (nSPS) is 14.1. The van der Waals surface area contributed by atoms with Gasteiger partial charge in [-0.3, -0.25) is 4.79 Å². The molecule has 3 heterocycles. The van der Waals surface area contributed by atoms with Crippen LogP contribution in [0.2, 0.25) is 0 Å². The van der Waals surface area contributed by atoms with E-state index in [4.69, 9.17) is 4.74 Å². The summed E-state index contributed by atoms with van der Waals surface area (Å²) in [4.78, 5) is 17.7. The number of anilines is 1.